The smallest absolute Gasteiger partial charge is 0.432 e. The molecule has 0 radical (unpaired) electrons. The zero-order chi connectivity index (χ0) is 19.7. The summed E-state index contributed by atoms with van der Waals surface area (Å²) in [6.07, 6.45) is -0.292. The Kier molecular flexibility index (Phi) is 4.50. The molecule has 2 N–H and O–H groups in total. The number of nitrogens with zero attached hydrogens (tertiary/aromatic N) is 4. The second-order valence-corrected chi connectivity index (χ2v) is 5.98. The number of carbonyl (C=O) groups is 1. The lowest BCUT2D eigenvalue weighted by Gasteiger charge is -2.14. The van der Waals surface area contributed by atoms with Crippen molar-refractivity contribution in [2.24, 2.45) is 0 Å². The van der Waals surface area contributed by atoms with Crippen LogP contribution in [0.4, 0.5) is 16.4 Å². The number of benzene rings is 2. The number of anilines is 2. The van der Waals surface area contributed by atoms with Crippen LogP contribution < -0.4 is 10.1 Å². The van der Waals surface area contributed by atoms with Gasteiger partial charge in [0.15, 0.2) is 12.1 Å². The van der Waals surface area contributed by atoms with E-state index in [-0.39, 0.29) is 0 Å². The van der Waals surface area contributed by atoms with Crippen molar-refractivity contribution in [3.05, 3.63) is 48.8 Å². The van der Waals surface area contributed by atoms with Gasteiger partial charge >= 0.3 is 6.09 Å². The molecule has 0 bridgehead atoms. The minimum atomic E-state index is -1.21. The molecule has 9 heteroatoms. The van der Waals surface area contributed by atoms with Crippen LogP contribution in [-0.2, 0) is 4.74 Å². The van der Waals surface area contributed by atoms with Crippen molar-refractivity contribution >= 4 is 39.5 Å². The standard InChI is InChI=1S/C19H17N5O4/c1-11(27-2)28-15-9-5-8-14-16(15)18(23-24(14)19(25)26)22-17-12-6-3-4-7-13(12)20-10-21-17/h3-11H,1-2H3,(H,25,26)(H,20,21,22,23). The number of aromatic nitrogens is 4. The zero-order valence-electron chi connectivity index (χ0n) is 15.2. The fourth-order valence-corrected chi connectivity index (χ4v) is 2.91. The molecule has 0 aliphatic rings. The Morgan fingerprint density at radius 3 is 2.75 bits per heavy atom. The second kappa shape index (κ2) is 7.12. The molecule has 4 rings (SSSR count). The number of ether oxygens (including phenoxy) is 2. The highest BCUT2D eigenvalue weighted by molar-refractivity contribution is 6.02. The monoisotopic (exact) mass is 379 g/mol. The average molecular weight is 379 g/mol. The van der Waals surface area contributed by atoms with Crippen molar-refractivity contribution in [1.82, 2.24) is 19.7 Å². The molecule has 2 heterocycles. The Morgan fingerprint density at radius 1 is 1.14 bits per heavy atom. The summed E-state index contributed by atoms with van der Waals surface area (Å²) in [7, 11) is 1.53. The number of methoxy groups -OCH3 is 1. The lowest BCUT2D eigenvalue weighted by Crippen LogP contribution is -2.13. The third kappa shape index (κ3) is 3.08. The number of rotatable bonds is 5. The SMILES string of the molecule is COC(C)Oc1cccc2c1c(Nc1ncnc3ccccc13)nn2C(=O)O. The van der Waals surface area contributed by atoms with Gasteiger partial charge in [0.2, 0.25) is 0 Å². The van der Waals surface area contributed by atoms with Crippen LogP contribution in [0, 0.1) is 0 Å². The van der Waals surface area contributed by atoms with Crippen molar-refractivity contribution in [3.8, 4) is 5.75 Å². The van der Waals surface area contributed by atoms with Crippen LogP contribution in [-0.4, -0.2) is 44.3 Å². The first-order valence-electron chi connectivity index (χ1n) is 8.49. The second-order valence-electron chi connectivity index (χ2n) is 5.98. The topological polar surface area (TPSA) is 111 Å². The van der Waals surface area contributed by atoms with E-state index in [1.165, 1.54) is 13.4 Å². The molecule has 28 heavy (non-hydrogen) atoms. The van der Waals surface area contributed by atoms with Gasteiger partial charge in [-0.25, -0.2) is 14.8 Å². The Morgan fingerprint density at radius 2 is 1.96 bits per heavy atom. The van der Waals surface area contributed by atoms with E-state index < -0.39 is 12.4 Å². The third-order valence-corrected chi connectivity index (χ3v) is 4.25. The normalized spacial score (nSPS) is 12.2. The molecule has 1 atom stereocenters. The molecule has 0 saturated heterocycles. The Balaban J connectivity index is 1.89. The molecule has 0 saturated carbocycles. The number of hydrogen-bond donors (Lipinski definition) is 2. The molecule has 0 aliphatic carbocycles. The number of carboxylic acid groups (broad SMARTS) is 1. The fraction of sp³-hybridized carbons (Fsp3) is 0.158. The van der Waals surface area contributed by atoms with E-state index in [1.54, 1.807) is 25.1 Å². The minimum Gasteiger partial charge on any atom is -0.464 e. The van der Waals surface area contributed by atoms with Crippen molar-refractivity contribution in [3.63, 3.8) is 0 Å². The molecule has 2 aromatic carbocycles. The van der Waals surface area contributed by atoms with Crippen LogP contribution in [0.25, 0.3) is 21.8 Å². The Hall–Kier alpha value is -3.72. The maximum atomic E-state index is 11.7. The lowest BCUT2D eigenvalue weighted by molar-refractivity contribution is -0.0373. The van der Waals surface area contributed by atoms with Crippen LogP contribution in [0.2, 0.25) is 0 Å². The van der Waals surface area contributed by atoms with E-state index in [0.717, 1.165) is 15.6 Å². The Bertz CT molecular complexity index is 1170. The number of hydrogen-bond acceptors (Lipinski definition) is 7. The number of fused-ring (bicyclic) bond motifs is 2. The molecular weight excluding hydrogens is 362 g/mol. The van der Waals surface area contributed by atoms with E-state index in [1.807, 2.05) is 24.3 Å². The van der Waals surface area contributed by atoms with Crippen molar-refractivity contribution in [2.75, 3.05) is 12.4 Å². The molecular formula is C19H17N5O4. The first kappa shape index (κ1) is 17.7. The lowest BCUT2D eigenvalue weighted by atomic mass is 10.2. The summed E-state index contributed by atoms with van der Waals surface area (Å²) in [5.41, 5.74) is 1.14. The summed E-state index contributed by atoms with van der Waals surface area (Å²) in [5.74, 6) is 1.26. The summed E-state index contributed by atoms with van der Waals surface area (Å²) in [6, 6.07) is 12.6. The summed E-state index contributed by atoms with van der Waals surface area (Å²) >= 11 is 0. The molecule has 0 spiro atoms. The highest BCUT2D eigenvalue weighted by atomic mass is 16.7. The minimum absolute atomic E-state index is 0.306. The maximum Gasteiger partial charge on any atom is 0.432 e. The van der Waals surface area contributed by atoms with E-state index in [4.69, 9.17) is 9.47 Å². The molecule has 142 valence electrons. The molecule has 1 unspecified atom stereocenters. The van der Waals surface area contributed by atoms with E-state index in [2.05, 4.69) is 20.4 Å². The highest BCUT2D eigenvalue weighted by Gasteiger charge is 2.20. The molecule has 0 fully saturated rings. The highest BCUT2D eigenvalue weighted by Crippen LogP contribution is 2.35. The van der Waals surface area contributed by atoms with Gasteiger partial charge in [-0.2, -0.15) is 4.68 Å². The molecule has 0 aliphatic heterocycles. The predicted molar refractivity (Wildman–Crippen MR) is 103 cm³/mol. The molecule has 0 amide bonds. The van der Waals surface area contributed by atoms with Gasteiger partial charge in [0.25, 0.3) is 0 Å². The van der Waals surface area contributed by atoms with Gasteiger partial charge in [-0.15, -0.1) is 5.10 Å². The van der Waals surface area contributed by atoms with E-state index in [9.17, 15) is 9.90 Å². The van der Waals surface area contributed by atoms with Crippen LogP contribution in [0.5, 0.6) is 5.75 Å². The zero-order valence-corrected chi connectivity index (χ0v) is 15.2. The first-order chi connectivity index (χ1) is 13.6. The van der Waals surface area contributed by atoms with Crippen molar-refractivity contribution in [1.29, 1.82) is 0 Å². The van der Waals surface area contributed by atoms with Gasteiger partial charge in [-0.05, 0) is 31.2 Å². The first-order valence-corrected chi connectivity index (χ1v) is 8.49. The molecule has 9 nitrogen and oxygen atoms in total. The van der Waals surface area contributed by atoms with Gasteiger partial charge in [0.1, 0.15) is 17.9 Å². The third-order valence-electron chi connectivity index (χ3n) is 4.25. The number of para-hydroxylation sites is 1. The largest absolute Gasteiger partial charge is 0.464 e. The summed E-state index contributed by atoms with van der Waals surface area (Å²) in [6.45, 7) is 1.74. The fourth-order valence-electron chi connectivity index (χ4n) is 2.91. The molecule has 2 aromatic heterocycles. The van der Waals surface area contributed by atoms with Crippen LogP contribution in [0.1, 0.15) is 6.92 Å². The summed E-state index contributed by atoms with van der Waals surface area (Å²) in [5, 5.41) is 18.2. The van der Waals surface area contributed by atoms with Crippen LogP contribution >= 0.6 is 0 Å². The van der Waals surface area contributed by atoms with Crippen molar-refractivity contribution in [2.45, 2.75) is 13.2 Å². The van der Waals surface area contributed by atoms with Gasteiger partial charge < -0.3 is 19.9 Å². The van der Waals surface area contributed by atoms with Gasteiger partial charge in [-0.3, -0.25) is 0 Å². The van der Waals surface area contributed by atoms with E-state index in [0.29, 0.717) is 28.3 Å². The van der Waals surface area contributed by atoms with Gasteiger partial charge in [0, 0.05) is 12.5 Å². The van der Waals surface area contributed by atoms with Gasteiger partial charge in [0.05, 0.1) is 16.4 Å². The quantitative estimate of drug-likeness (QED) is 0.506. The maximum absolute atomic E-state index is 11.7. The summed E-state index contributed by atoms with van der Waals surface area (Å²) in [4.78, 5) is 20.2. The van der Waals surface area contributed by atoms with Gasteiger partial charge in [-0.1, -0.05) is 18.2 Å². The Labute approximate surface area is 159 Å². The average Bonchev–Trinajstić information content (AvgIpc) is 3.08. The van der Waals surface area contributed by atoms with Crippen molar-refractivity contribution < 1.29 is 19.4 Å². The molecule has 4 aromatic rings. The van der Waals surface area contributed by atoms with Crippen LogP contribution in [0.15, 0.2) is 48.8 Å². The number of nitrogens with one attached hydrogen (secondary N) is 1. The van der Waals surface area contributed by atoms with Crippen LogP contribution in [0.3, 0.4) is 0 Å². The predicted octanol–water partition coefficient (Wildman–Crippen LogP) is 3.62. The van der Waals surface area contributed by atoms with E-state index >= 15 is 0 Å². The summed E-state index contributed by atoms with van der Waals surface area (Å²) < 4.78 is 11.9.